The molecule has 0 bridgehead atoms. The van der Waals surface area contributed by atoms with E-state index < -0.39 is 5.60 Å². The van der Waals surface area contributed by atoms with Crippen LogP contribution >= 0.6 is 24.0 Å². The molecule has 28 heavy (non-hydrogen) atoms. The van der Waals surface area contributed by atoms with Gasteiger partial charge in [-0.25, -0.2) is 0 Å². The Hall–Kier alpha value is -1.06. The molecule has 0 amide bonds. The third-order valence-corrected chi connectivity index (χ3v) is 5.68. The average Bonchev–Trinajstić information content (AvgIpc) is 3.19. The lowest BCUT2D eigenvalue weighted by Crippen LogP contribution is -2.45. The maximum Gasteiger partial charge on any atom is 0.191 e. The largest absolute Gasteiger partial charge is 0.497 e. The van der Waals surface area contributed by atoms with Crippen LogP contribution in [0.25, 0.3) is 0 Å². The Labute approximate surface area is 186 Å². The van der Waals surface area contributed by atoms with Gasteiger partial charge in [0.2, 0.25) is 0 Å². The van der Waals surface area contributed by atoms with Gasteiger partial charge in [-0.3, -0.25) is 9.89 Å². The maximum atomic E-state index is 10.3. The minimum absolute atomic E-state index is 0. The molecule has 0 spiro atoms. The smallest absolute Gasteiger partial charge is 0.191 e. The van der Waals surface area contributed by atoms with Crippen LogP contribution in [0.1, 0.15) is 50.6 Å². The molecule has 1 aliphatic heterocycles. The normalized spacial score (nSPS) is 20.0. The SMILES string of the molecule is CCNC(=NCC1(O)CCC1)NCC(c1cccc(OC)c1)N1CCCC1.I. The van der Waals surface area contributed by atoms with Crippen molar-refractivity contribution in [3.05, 3.63) is 29.8 Å². The van der Waals surface area contributed by atoms with Crippen molar-refractivity contribution in [1.82, 2.24) is 15.5 Å². The highest BCUT2D eigenvalue weighted by molar-refractivity contribution is 14.0. The molecule has 1 aromatic carbocycles. The van der Waals surface area contributed by atoms with Crippen LogP contribution in [0.5, 0.6) is 5.75 Å². The first-order valence-electron chi connectivity index (χ1n) is 10.3. The van der Waals surface area contributed by atoms with Gasteiger partial charge >= 0.3 is 0 Å². The minimum Gasteiger partial charge on any atom is -0.497 e. The van der Waals surface area contributed by atoms with E-state index in [1.54, 1.807) is 7.11 Å². The molecule has 1 atom stereocenters. The van der Waals surface area contributed by atoms with Crippen LogP contribution < -0.4 is 15.4 Å². The molecule has 2 fully saturated rings. The van der Waals surface area contributed by atoms with Crippen molar-refractivity contribution in [2.75, 3.05) is 39.8 Å². The fourth-order valence-corrected chi connectivity index (χ4v) is 3.86. The highest BCUT2D eigenvalue weighted by Gasteiger charge is 2.34. The quantitative estimate of drug-likeness (QED) is 0.290. The van der Waals surface area contributed by atoms with E-state index in [1.807, 2.05) is 6.07 Å². The summed E-state index contributed by atoms with van der Waals surface area (Å²) < 4.78 is 5.42. The fourth-order valence-electron chi connectivity index (χ4n) is 3.86. The van der Waals surface area contributed by atoms with Crippen LogP contribution in [0.15, 0.2) is 29.3 Å². The van der Waals surface area contributed by atoms with Crippen LogP contribution in [0, 0.1) is 0 Å². The molecular formula is C21H35IN4O2. The molecule has 1 unspecified atom stereocenters. The van der Waals surface area contributed by atoms with Gasteiger partial charge in [0.1, 0.15) is 5.75 Å². The molecule has 1 aromatic rings. The molecule has 1 saturated heterocycles. The van der Waals surface area contributed by atoms with Gasteiger partial charge in [0.25, 0.3) is 0 Å². The highest BCUT2D eigenvalue weighted by atomic mass is 127. The Kier molecular flexibility index (Phi) is 9.30. The summed E-state index contributed by atoms with van der Waals surface area (Å²) in [7, 11) is 1.71. The Bertz CT molecular complexity index is 631. The zero-order valence-corrected chi connectivity index (χ0v) is 19.4. The zero-order valence-electron chi connectivity index (χ0n) is 17.1. The molecule has 6 nitrogen and oxygen atoms in total. The first-order chi connectivity index (χ1) is 13.1. The van der Waals surface area contributed by atoms with Crippen molar-refractivity contribution in [3.8, 4) is 5.75 Å². The van der Waals surface area contributed by atoms with Crippen molar-refractivity contribution in [2.24, 2.45) is 4.99 Å². The number of halogens is 1. The van der Waals surface area contributed by atoms with Gasteiger partial charge in [-0.2, -0.15) is 0 Å². The zero-order chi connectivity index (χ0) is 19.1. The van der Waals surface area contributed by atoms with Crippen molar-refractivity contribution in [3.63, 3.8) is 0 Å². The number of nitrogens with zero attached hydrogens (tertiary/aromatic N) is 2. The number of guanidine groups is 1. The predicted octanol–water partition coefficient (Wildman–Crippen LogP) is 2.92. The minimum atomic E-state index is -0.594. The lowest BCUT2D eigenvalue weighted by Gasteiger charge is -2.35. The molecule has 1 saturated carbocycles. The van der Waals surface area contributed by atoms with E-state index in [-0.39, 0.29) is 30.0 Å². The van der Waals surface area contributed by atoms with Crippen molar-refractivity contribution in [2.45, 2.75) is 50.7 Å². The van der Waals surface area contributed by atoms with Gasteiger partial charge in [-0.1, -0.05) is 12.1 Å². The Balaban J connectivity index is 0.00000280. The van der Waals surface area contributed by atoms with Crippen molar-refractivity contribution in [1.29, 1.82) is 0 Å². The first-order valence-corrected chi connectivity index (χ1v) is 10.3. The number of nitrogens with one attached hydrogen (secondary N) is 2. The highest BCUT2D eigenvalue weighted by Crippen LogP contribution is 2.31. The van der Waals surface area contributed by atoms with Crippen LogP contribution in [0.2, 0.25) is 0 Å². The summed E-state index contributed by atoms with van der Waals surface area (Å²) in [5, 5.41) is 17.1. The van der Waals surface area contributed by atoms with E-state index in [0.29, 0.717) is 6.54 Å². The summed E-state index contributed by atoms with van der Waals surface area (Å²) in [5.41, 5.74) is 0.668. The number of likely N-dealkylation sites (tertiary alicyclic amines) is 1. The number of rotatable bonds is 8. The number of hydrogen-bond acceptors (Lipinski definition) is 4. The van der Waals surface area contributed by atoms with Gasteiger partial charge < -0.3 is 20.5 Å². The molecule has 158 valence electrons. The number of aliphatic hydroxyl groups is 1. The van der Waals surface area contributed by atoms with E-state index in [9.17, 15) is 5.11 Å². The van der Waals surface area contributed by atoms with E-state index >= 15 is 0 Å². The van der Waals surface area contributed by atoms with Gasteiger partial charge in [-0.15, -0.1) is 24.0 Å². The molecule has 7 heteroatoms. The summed E-state index contributed by atoms with van der Waals surface area (Å²) in [6.45, 7) is 6.36. The van der Waals surface area contributed by atoms with E-state index in [4.69, 9.17) is 4.74 Å². The van der Waals surface area contributed by atoms with Crippen molar-refractivity contribution < 1.29 is 9.84 Å². The lowest BCUT2D eigenvalue weighted by molar-refractivity contribution is -0.0236. The molecule has 3 N–H and O–H groups in total. The number of hydrogen-bond donors (Lipinski definition) is 3. The summed E-state index contributed by atoms with van der Waals surface area (Å²) >= 11 is 0. The number of aliphatic imine (C=N–C) groups is 1. The van der Waals surface area contributed by atoms with Crippen LogP contribution in [-0.2, 0) is 0 Å². The number of ether oxygens (including phenoxy) is 1. The summed E-state index contributed by atoms with van der Waals surface area (Å²) in [6, 6.07) is 8.63. The molecule has 0 aromatic heterocycles. The molecule has 1 aliphatic carbocycles. The molecule has 0 radical (unpaired) electrons. The molecule has 2 aliphatic rings. The summed E-state index contributed by atoms with van der Waals surface area (Å²) in [5.74, 6) is 1.68. The average molecular weight is 502 g/mol. The lowest BCUT2D eigenvalue weighted by atomic mass is 9.80. The monoisotopic (exact) mass is 502 g/mol. The second-order valence-corrected chi connectivity index (χ2v) is 7.69. The predicted molar refractivity (Wildman–Crippen MR) is 125 cm³/mol. The first kappa shape index (κ1) is 23.2. The Morgan fingerprint density at radius 3 is 2.61 bits per heavy atom. The Morgan fingerprint density at radius 1 is 1.25 bits per heavy atom. The standard InChI is InChI=1S/C21H34N4O2.HI/c1-3-22-20(24-16-21(26)10-7-11-21)23-15-19(25-12-4-5-13-25)17-8-6-9-18(14-17)27-2;/h6,8-9,14,19,26H,3-5,7,10-13,15-16H2,1-2H3,(H2,22,23,24);1H. The maximum absolute atomic E-state index is 10.3. The Morgan fingerprint density at radius 2 is 2.00 bits per heavy atom. The van der Waals surface area contributed by atoms with Gasteiger partial charge in [-0.05, 0) is 69.8 Å². The van der Waals surface area contributed by atoms with Gasteiger partial charge in [0.15, 0.2) is 5.96 Å². The topological polar surface area (TPSA) is 69.1 Å². The number of benzene rings is 1. The second kappa shape index (κ2) is 11.2. The van der Waals surface area contributed by atoms with Crippen LogP contribution in [0.3, 0.4) is 0 Å². The number of methoxy groups -OCH3 is 1. The van der Waals surface area contributed by atoms with Crippen LogP contribution in [-0.4, -0.2) is 61.4 Å². The summed E-state index contributed by atoms with van der Waals surface area (Å²) in [4.78, 5) is 7.17. The van der Waals surface area contributed by atoms with Gasteiger partial charge in [0.05, 0.1) is 25.3 Å². The van der Waals surface area contributed by atoms with Crippen molar-refractivity contribution >= 4 is 29.9 Å². The third kappa shape index (κ3) is 6.22. The second-order valence-electron chi connectivity index (χ2n) is 7.69. The summed E-state index contributed by atoms with van der Waals surface area (Å²) in [6.07, 6.45) is 5.32. The fraction of sp³-hybridized carbons (Fsp3) is 0.667. The van der Waals surface area contributed by atoms with E-state index in [1.165, 1.54) is 18.4 Å². The van der Waals surface area contributed by atoms with Gasteiger partial charge in [0, 0.05) is 13.1 Å². The molecule has 3 rings (SSSR count). The van der Waals surface area contributed by atoms with E-state index in [0.717, 1.165) is 57.2 Å². The third-order valence-electron chi connectivity index (χ3n) is 5.68. The molecule has 1 heterocycles. The van der Waals surface area contributed by atoms with Crippen LogP contribution in [0.4, 0.5) is 0 Å². The molecular weight excluding hydrogens is 467 g/mol. The van der Waals surface area contributed by atoms with E-state index in [2.05, 4.69) is 45.6 Å².